The average Bonchev–Trinajstić information content (AvgIpc) is 3.34. The number of hydrogen-bond donors (Lipinski definition) is 0. The number of esters is 2. The van der Waals surface area contributed by atoms with E-state index in [1.807, 2.05) is 0 Å². The van der Waals surface area contributed by atoms with Crippen molar-refractivity contribution >= 4 is 46.2 Å². The molecule has 0 aliphatic heterocycles. The van der Waals surface area contributed by atoms with Crippen molar-refractivity contribution in [2.24, 2.45) is 0 Å². The zero-order valence-electron chi connectivity index (χ0n) is 19.6. The summed E-state index contributed by atoms with van der Waals surface area (Å²) in [6.07, 6.45) is -9.40. The van der Waals surface area contributed by atoms with Crippen molar-refractivity contribution in [2.75, 3.05) is 26.4 Å². The van der Waals surface area contributed by atoms with E-state index in [-0.39, 0.29) is 65.6 Å². The number of carbonyl (C=O) groups excluding carboxylic acids is 2. The van der Waals surface area contributed by atoms with Crippen molar-refractivity contribution in [3.8, 4) is 5.19 Å². The van der Waals surface area contributed by atoms with Crippen LogP contribution in [0.3, 0.4) is 0 Å². The van der Waals surface area contributed by atoms with Crippen molar-refractivity contribution in [2.45, 2.75) is 40.0 Å². The largest absolute Gasteiger partial charge is 1.00 e. The number of alkyl halides is 6. The van der Waals surface area contributed by atoms with Crippen molar-refractivity contribution < 1.29 is 84.8 Å². The van der Waals surface area contributed by atoms with E-state index in [2.05, 4.69) is 19.4 Å². The van der Waals surface area contributed by atoms with E-state index < -0.39 is 45.4 Å². The second-order valence-electron chi connectivity index (χ2n) is 5.46. The third-order valence-corrected chi connectivity index (χ3v) is 5.02. The summed E-state index contributed by atoms with van der Waals surface area (Å²) in [7, 11) is 0. The molecule has 36 heavy (non-hydrogen) atoms. The molecule has 18 heteroatoms. The van der Waals surface area contributed by atoms with E-state index in [1.165, 1.54) is 13.8 Å². The monoisotopic (exact) mass is 596 g/mol. The summed E-state index contributed by atoms with van der Waals surface area (Å²) < 4.78 is 88.3. The van der Waals surface area contributed by atoms with Crippen LogP contribution in [0.2, 0.25) is 4.47 Å². The van der Waals surface area contributed by atoms with Crippen molar-refractivity contribution in [3.63, 3.8) is 0 Å². The molecule has 0 saturated heterocycles. The maximum absolute atomic E-state index is 12.6. The summed E-state index contributed by atoms with van der Waals surface area (Å²) in [6, 6.07) is 0. The predicted octanol–water partition coefficient (Wildman–Crippen LogP) is 2.10. The zero-order valence-corrected chi connectivity index (χ0v) is 24.0. The maximum Gasteiger partial charge on any atom is 1.00 e. The van der Waals surface area contributed by atoms with Gasteiger partial charge in [0.2, 0.25) is 0 Å². The summed E-state index contributed by atoms with van der Waals surface area (Å²) in [5.74, 6) is -2.10. The zero-order chi connectivity index (χ0) is 27.4. The molecule has 0 fully saturated rings. The Morgan fingerprint density at radius 2 is 1.22 bits per heavy atom. The normalized spacial score (nSPS) is 10.7. The minimum absolute atomic E-state index is 0. The first-order chi connectivity index (χ1) is 16.2. The number of thiazole rings is 2. The van der Waals surface area contributed by atoms with Gasteiger partial charge in [-0.3, -0.25) is 0 Å². The fourth-order valence-corrected chi connectivity index (χ4v) is 3.74. The standard InChI is InChI=1S/C9H10F3NO3S.C7H5ClF3NO2S.C2H5O.Na/c1-3-15-7(14)5-6(9(10,11)12)13-8(17-5)16-4-2;1-2-14-5(13)3-4(7(9,10)11)12-6(8)15-3;1-2-3;/h3-4H2,1-2H3;2H2,1H3;2H2,1H3;/q;;-1;+1. The Morgan fingerprint density at radius 3 is 1.58 bits per heavy atom. The molecule has 0 aromatic carbocycles. The Morgan fingerprint density at radius 1 is 0.833 bits per heavy atom. The Labute approximate surface area is 237 Å². The summed E-state index contributed by atoms with van der Waals surface area (Å²) in [4.78, 5) is 27.5. The van der Waals surface area contributed by atoms with E-state index in [0.29, 0.717) is 22.7 Å². The SMILES string of the molecule is CCOC(=O)c1sc(Cl)nc1C(F)(F)F.CCOC(=O)c1sc(OCC)nc1C(F)(F)F.CC[O-].[Na+]. The second-order valence-corrected chi connectivity index (χ2v) is 8.00. The fraction of sp³-hybridized carbons (Fsp3) is 0.556. The molecule has 0 atom stereocenters. The van der Waals surface area contributed by atoms with Gasteiger partial charge in [0.15, 0.2) is 15.9 Å². The van der Waals surface area contributed by atoms with E-state index in [0.717, 1.165) is 0 Å². The van der Waals surface area contributed by atoms with Gasteiger partial charge in [0.1, 0.15) is 9.75 Å². The number of ether oxygens (including phenoxy) is 3. The Kier molecular flexibility index (Phi) is 17.8. The molecule has 2 aromatic heterocycles. The number of nitrogens with zero attached hydrogens (tertiary/aromatic N) is 2. The number of halogens is 7. The fourth-order valence-electron chi connectivity index (χ4n) is 1.83. The van der Waals surface area contributed by atoms with Gasteiger partial charge in [-0.1, -0.05) is 41.2 Å². The third kappa shape index (κ3) is 12.4. The number of aromatic nitrogens is 2. The molecule has 0 amide bonds. The van der Waals surface area contributed by atoms with Crippen LogP contribution in [-0.2, 0) is 21.8 Å². The van der Waals surface area contributed by atoms with E-state index in [9.17, 15) is 35.9 Å². The molecule has 0 radical (unpaired) electrons. The molecule has 0 N–H and O–H groups in total. The van der Waals surface area contributed by atoms with Crippen LogP contribution in [0.1, 0.15) is 58.4 Å². The molecule has 200 valence electrons. The third-order valence-electron chi connectivity index (χ3n) is 2.94. The van der Waals surface area contributed by atoms with Gasteiger partial charge < -0.3 is 19.3 Å². The van der Waals surface area contributed by atoms with Gasteiger partial charge >= 0.3 is 53.8 Å². The van der Waals surface area contributed by atoms with Gasteiger partial charge in [-0.15, -0.1) is 6.61 Å². The van der Waals surface area contributed by atoms with Crippen LogP contribution in [0.4, 0.5) is 26.3 Å². The van der Waals surface area contributed by atoms with Crippen LogP contribution in [0.15, 0.2) is 0 Å². The predicted molar refractivity (Wildman–Crippen MR) is 113 cm³/mol. The molecule has 0 unspecified atom stereocenters. The molecular weight excluding hydrogens is 577 g/mol. The molecule has 0 aliphatic rings. The minimum atomic E-state index is -4.70. The molecule has 0 bridgehead atoms. The maximum atomic E-state index is 12.6. The number of hydrogen-bond acceptors (Lipinski definition) is 10. The van der Waals surface area contributed by atoms with Crippen LogP contribution in [0, 0.1) is 0 Å². The Bertz CT molecular complexity index is 956. The molecule has 2 aromatic rings. The van der Waals surface area contributed by atoms with Crippen LogP contribution in [0.25, 0.3) is 0 Å². The summed E-state index contributed by atoms with van der Waals surface area (Å²) in [5.41, 5.74) is -2.56. The second kappa shape index (κ2) is 17.4. The van der Waals surface area contributed by atoms with Crippen LogP contribution < -0.4 is 39.4 Å². The summed E-state index contributed by atoms with van der Waals surface area (Å²) >= 11 is 6.30. The molecule has 2 rings (SSSR count). The van der Waals surface area contributed by atoms with Gasteiger partial charge in [0, 0.05) is 0 Å². The number of carbonyl (C=O) groups is 2. The molecule has 0 aliphatic carbocycles. The van der Waals surface area contributed by atoms with Gasteiger partial charge in [0.25, 0.3) is 5.19 Å². The Hall–Kier alpha value is -1.17. The first-order valence-corrected chi connectivity index (χ1v) is 11.5. The van der Waals surface area contributed by atoms with Crippen molar-refractivity contribution in [1.82, 2.24) is 9.97 Å². The molecule has 0 saturated carbocycles. The van der Waals surface area contributed by atoms with Gasteiger partial charge in [0.05, 0.1) is 19.8 Å². The van der Waals surface area contributed by atoms with Crippen molar-refractivity contribution in [1.29, 1.82) is 0 Å². The molecule has 8 nitrogen and oxygen atoms in total. The molecule has 2 heterocycles. The van der Waals surface area contributed by atoms with E-state index >= 15 is 0 Å². The first-order valence-electron chi connectivity index (χ1n) is 9.54. The first kappa shape index (κ1) is 37.0. The van der Waals surface area contributed by atoms with Crippen molar-refractivity contribution in [3.05, 3.63) is 25.6 Å². The topological polar surface area (TPSA) is 111 Å². The van der Waals surface area contributed by atoms with Crippen LogP contribution in [-0.4, -0.2) is 48.3 Å². The average molecular weight is 597 g/mol. The quantitative estimate of drug-likeness (QED) is 0.283. The van der Waals surface area contributed by atoms with Crippen LogP contribution >= 0.6 is 34.3 Å². The minimum Gasteiger partial charge on any atom is -0.855 e. The molecular formula is C18H20ClF6N2NaO6S2. The van der Waals surface area contributed by atoms with Gasteiger partial charge in [-0.05, 0) is 20.8 Å². The number of rotatable bonds is 6. The summed E-state index contributed by atoms with van der Waals surface area (Å²) in [6.45, 7) is 6.35. The van der Waals surface area contributed by atoms with E-state index in [1.54, 1.807) is 13.8 Å². The Balaban J connectivity index is 0. The van der Waals surface area contributed by atoms with Crippen LogP contribution in [0.5, 0.6) is 5.19 Å². The van der Waals surface area contributed by atoms with Gasteiger partial charge in [-0.2, -0.15) is 31.3 Å². The van der Waals surface area contributed by atoms with Gasteiger partial charge in [-0.25, -0.2) is 14.6 Å². The smallest absolute Gasteiger partial charge is 0.855 e. The van der Waals surface area contributed by atoms with E-state index in [4.69, 9.17) is 21.4 Å². The summed E-state index contributed by atoms with van der Waals surface area (Å²) in [5, 5.41) is 8.74. The molecule has 0 spiro atoms.